The lowest BCUT2D eigenvalue weighted by atomic mass is 9.98. The van der Waals surface area contributed by atoms with Crippen LogP contribution in [0.5, 0.6) is 0 Å². The Labute approximate surface area is 235 Å². The van der Waals surface area contributed by atoms with Crippen molar-refractivity contribution in [2.45, 2.75) is 78.9 Å². The van der Waals surface area contributed by atoms with E-state index in [1.165, 1.54) is 5.56 Å². The minimum atomic E-state index is -0.587. The Morgan fingerprint density at radius 1 is 1.00 bits per heavy atom. The van der Waals surface area contributed by atoms with Crippen molar-refractivity contribution in [1.29, 1.82) is 0 Å². The van der Waals surface area contributed by atoms with Gasteiger partial charge < -0.3 is 20.3 Å². The van der Waals surface area contributed by atoms with Crippen LogP contribution in [0.2, 0.25) is 0 Å². The molecule has 4 rings (SSSR count). The fraction of sp³-hybridized carbons (Fsp3) is 0.419. The van der Waals surface area contributed by atoms with Crippen LogP contribution in [0, 0.1) is 13.8 Å². The second-order valence-electron chi connectivity index (χ2n) is 11.6. The van der Waals surface area contributed by atoms with E-state index in [0.717, 1.165) is 23.2 Å². The van der Waals surface area contributed by atoms with Gasteiger partial charge in [-0.3, -0.25) is 4.79 Å². The van der Waals surface area contributed by atoms with Crippen molar-refractivity contribution >= 4 is 29.4 Å². The van der Waals surface area contributed by atoms with E-state index in [9.17, 15) is 14.4 Å². The van der Waals surface area contributed by atoms with E-state index in [4.69, 9.17) is 4.74 Å². The highest BCUT2D eigenvalue weighted by molar-refractivity contribution is 5.99. The lowest BCUT2D eigenvalue weighted by molar-refractivity contribution is -0.119. The first-order chi connectivity index (χ1) is 18.8. The molecule has 1 aliphatic rings. The van der Waals surface area contributed by atoms with Gasteiger partial charge in [0.1, 0.15) is 11.6 Å². The maximum absolute atomic E-state index is 13.2. The zero-order chi connectivity index (χ0) is 29.2. The number of nitrogens with zero attached hydrogens (tertiary/aromatic N) is 3. The van der Waals surface area contributed by atoms with E-state index in [2.05, 4.69) is 29.6 Å². The van der Waals surface area contributed by atoms with Gasteiger partial charge in [-0.05, 0) is 100 Å². The second kappa shape index (κ2) is 11.5. The number of esters is 1. The predicted octanol–water partition coefficient (Wildman–Crippen LogP) is 6.20. The van der Waals surface area contributed by atoms with E-state index >= 15 is 0 Å². The van der Waals surface area contributed by atoms with Crippen LogP contribution in [0.25, 0.3) is 5.69 Å². The van der Waals surface area contributed by atoms with Crippen LogP contribution in [-0.2, 0) is 9.53 Å². The Balaban J connectivity index is 1.40. The minimum Gasteiger partial charge on any atom is -0.456 e. The van der Waals surface area contributed by atoms with Gasteiger partial charge in [-0.1, -0.05) is 19.9 Å². The standard InChI is InChI=1S/C31H39N5O4/c1-19(2)24-12-10-22(17-20(24)3)32-30(39)35-15-8-9-26(35)28(37)33-27-14-16-36(34-27)23-11-13-25(21(4)18-23)29(38)40-31(5,6)7/h10-14,16-19,26H,8-9,15H2,1-7H3,(H,32,39)(H,33,34,37)/t26-/m1/s1. The van der Waals surface area contributed by atoms with Gasteiger partial charge in [-0.25, -0.2) is 14.3 Å². The summed E-state index contributed by atoms with van der Waals surface area (Å²) in [5.41, 5.74) is 4.49. The first-order valence-corrected chi connectivity index (χ1v) is 13.7. The number of hydrogen-bond acceptors (Lipinski definition) is 5. The third-order valence-corrected chi connectivity index (χ3v) is 6.89. The van der Waals surface area contributed by atoms with E-state index in [1.54, 1.807) is 34.0 Å². The maximum atomic E-state index is 13.2. The van der Waals surface area contributed by atoms with Crippen LogP contribution >= 0.6 is 0 Å². The molecule has 0 bridgehead atoms. The largest absolute Gasteiger partial charge is 0.456 e. The molecule has 9 heteroatoms. The highest BCUT2D eigenvalue weighted by Gasteiger charge is 2.34. The van der Waals surface area contributed by atoms with Crippen molar-refractivity contribution in [3.05, 3.63) is 70.9 Å². The molecule has 2 aromatic carbocycles. The summed E-state index contributed by atoms with van der Waals surface area (Å²) in [4.78, 5) is 40.3. The number of ether oxygens (including phenoxy) is 1. The number of anilines is 2. The minimum absolute atomic E-state index is 0.277. The first kappa shape index (κ1) is 28.9. The molecule has 0 spiro atoms. The van der Waals surface area contributed by atoms with Crippen LogP contribution in [-0.4, -0.2) is 50.8 Å². The smallest absolute Gasteiger partial charge is 0.338 e. The molecule has 1 aliphatic heterocycles. The van der Waals surface area contributed by atoms with Gasteiger partial charge in [-0.15, -0.1) is 0 Å². The molecule has 0 unspecified atom stereocenters. The van der Waals surface area contributed by atoms with Gasteiger partial charge in [0.15, 0.2) is 5.82 Å². The van der Waals surface area contributed by atoms with Gasteiger partial charge in [0.05, 0.1) is 11.3 Å². The third-order valence-electron chi connectivity index (χ3n) is 6.89. The molecule has 1 aromatic heterocycles. The molecule has 2 heterocycles. The summed E-state index contributed by atoms with van der Waals surface area (Å²) in [5, 5.41) is 10.3. The maximum Gasteiger partial charge on any atom is 0.338 e. The molecule has 3 aromatic rings. The topological polar surface area (TPSA) is 106 Å². The third kappa shape index (κ3) is 6.70. The number of aromatic nitrogens is 2. The Morgan fingerprint density at radius 2 is 1.75 bits per heavy atom. The monoisotopic (exact) mass is 545 g/mol. The molecule has 3 amide bonds. The highest BCUT2D eigenvalue weighted by atomic mass is 16.6. The normalized spacial score (nSPS) is 15.3. The number of amides is 3. The van der Waals surface area contributed by atoms with Crippen molar-refractivity contribution in [3.8, 4) is 5.69 Å². The lowest BCUT2D eigenvalue weighted by Crippen LogP contribution is -2.45. The second-order valence-corrected chi connectivity index (χ2v) is 11.6. The number of carbonyl (C=O) groups excluding carboxylic acids is 3. The van der Waals surface area contributed by atoms with Gasteiger partial charge in [0.25, 0.3) is 0 Å². The van der Waals surface area contributed by atoms with Crippen molar-refractivity contribution < 1.29 is 19.1 Å². The van der Waals surface area contributed by atoms with Crippen LogP contribution in [0.4, 0.5) is 16.3 Å². The summed E-state index contributed by atoms with van der Waals surface area (Å²) < 4.78 is 7.11. The van der Waals surface area contributed by atoms with Gasteiger partial charge in [0, 0.05) is 24.5 Å². The fourth-order valence-corrected chi connectivity index (χ4v) is 4.98. The quantitative estimate of drug-likeness (QED) is 0.359. The summed E-state index contributed by atoms with van der Waals surface area (Å²) in [6.07, 6.45) is 3.06. The predicted molar refractivity (Wildman–Crippen MR) is 156 cm³/mol. The Kier molecular flexibility index (Phi) is 8.32. The van der Waals surface area contributed by atoms with Crippen molar-refractivity contribution in [2.75, 3.05) is 17.2 Å². The van der Waals surface area contributed by atoms with Gasteiger partial charge >= 0.3 is 12.0 Å². The van der Waals surface area contributed by atoms with Crippen LogP contribution in [0.3, 0.4) is 0 Å². The zero-order valence-corrected chi connectivity index (χ0v) is 24.4. The van der Waals surface area contributed by atoms with Gasteiger partial charge in [-0.2, -0.15) is 5.10 Å². The number of rotatable bonds is 6. The molecular formula is C31H39N5O4. The number of urea groups is 1. The molecule has 0 aliphatic carbocycles. The molecule has 9 nitrogen and oxygen atoms in total. The van der Waals surface area contributed by atoms with Crippen molar-refractivity contribution in [1.82, 2.24) is 14.7 Å². The Hall–Kier alpha value is -4.14. The van der Waals surface area contributed by atoms with E-state index in [-0.39, 0.29) is 17.9 Å². The molecule has 1 fully saturated rings. The number of hydrogen-bond donors (Lipinski definition) is 2. The van der Waals surface area contributed by atoms with Crippen molar-refractivity contribution in [3.63, 3.8) is 0 Å². The molecular weight excluding hydrogens is 506 g/mol. The summed E-state index contributed by atoms with van der Waals surface area (Å²) in [6.45, 7) is 14.2. The van der Waals surface area contributed by atoms with Crippen molar-refractivity contribution in [2.24, 2.45) is 0 Å². The average Bonchev–Trinajstić information content (AvgIpc) is 3.53. The number of likely N-dealkylation sites (tertiary alicyclic amines) is 1. The molecule has 0 radical (unpaired) electrons. The van der Waals surface area contributed by atoms with E-state index < -0.39 is 11.6 Å². The molecule has 212 valence electrons. The molecule has 1 atom stereocenters. The molecule has 0 saturated carbocycles. The zero-order valence-electron chi connectivity index (χ0n) is 24.4. The summed E-state index contributed by atoms with van der Waals surface area (Å²) in [7, 11) is 0. The van der Waals surface area contributed by atoms with Crippen LogP contribution in [0.15, 0.2) is 48.7 Å². The van der Waals surface area contributed by atoms with E-state index in [1.807, 2.05) is 58.9 Å². The molecule has 1 saturated heterocycles. The molecule has 40 heavy (non-hydrogen) atoms. The van der Waals surface area contributed by atoms with E-state index in [0.29, 0.717) is 36.0 Å². The molecule has 2 N–H and O–H groups in total. The highest BCUT2D eigenvalue weighted by Crippen LogP contribution is 2.25. The Morgan fingerprint density at radius 3 is 2.40 bits per heavy atom. The summed E-state index contributed by atoms with van der Waals surface area (Å²) in [6, 6.07) is 12.1. The number of benzene rings is 2. The summed E-state index contributed by atoms with van der Waals surface area (Å²) >= 11 is 0. The number of nitrogens with one attached hydrogen (secondary N) is 2. The number of aryl methyl sites for hydroxylation is 2. The fourth-order valence-electron chi connectivity index (χ4n) is 4.98. The first-order valence-electron chi connectivity index (χ1n) is 13.7. The lowest BCUT2D eigenvalue weighted by Gasteiger charge is -2.24. The number of carbonyl (C=O) groups is 3. The summed E-state index contributed by atoms with van der Waals surface area (Å²) in [5.74, 6) is 0.130. The van der Waals surface area contributed by atoms with Crippen LogP contribution < -0.4 is 10.6 Å². The SMILES string of the molecule is Cc1cc(-n2ccc(NC(=O)[C@H]3CCCN3C(=O)Nc3ccc(C(C)C)c(C)c3)n2)ccc1C(=O)OC(C)(C)C. The van der Waals surface area contributed by atoms with Crippen LogP contribution in [0.1, 0.15) is 80.4 Å². The Bertz CT molecular complexity index is 1420. The average molecular weight is 546 g/mol. The van der Waals surface area contributed by atoms with Gasteiger partial charge in [0.2, 0.25) is 5.91 Å².